The van der Waals surface area contributed by atoms with Crippen LogP contribution in [0, 0.1) is 5.82 Å². The molecule has 0 aliphatic carbocycles. The molecule has 7 heteroatoms. The summed E-state index contributed by atoms with van der Waals surface area (Å²) < 4.78 is 18.9. The van der Waals surface area contributed by atoms with Crippen LogP contribution in [0.15, 0.2) is 48.5 Å². The molecule has 0 spiro atoms. The van der Waals surface area contributed by atoms with Crippen molar-refractivity contribution in [3.05, 3.63) is 65.5 Å². The lowest BCUT2D eigenvalue weighted by molar-refractivity contribution is -0.917. The second-order valence-electron chi connectivity index (χ2n) is 7.20. The van der Waals surface area contributed by atoms with Crippen molar-refractivity contribution in [2.75, 3.05) is 39.8 Å². The third kappa shape index (κ3) is 6.02. The summed E-state index contributed by atoms with van der Waals surface area (Å²) >= 11 is 0. The number of quaternary nitrogens is 1. The zero-order valence-electron chi connectivity index (χ0n) is 16.6. The van der Waals surface area contributed by atoms with E-state index in [-0.39, 0.29) is 30.6 Å². The Kier molecular flexibility index (Phi) is 7.19. The molecule has 6 nitrogen and oxygen atoms in total. The Balaban J connectivity index is 1.42. The maximum absolute atomic E-state index is 13.5. The molecule has 0 radical (unpaired) electrons. The first-order valence-corrected chi connectivity index (χ1v) is 9.79. The number of amides is 2. The molecule has 0 atom stereocenters. The van der Waals surface area contributed by atoms with Crippen LogP contribution < -0.4 is 15.0 Å². The van der Waals surface area contributed by atoms with Gasteiger partial charge in [0, 0.05) is 0 Å². The highest BCUT2D eigenvalue weighted by molar-refractivity contribution is 5.85. The largest absolute Gasteiger partial charge is 0.496 e. The van der Waals surface area contributed by atoms with Gasteiger partial charge in [0.2, 0.25) is 11.8 Å². The van der Waals surface area contributed by atoms with Crippen LogP contribution in [-0.2, 0) is 22.6 Å². The number of hydrogen-bond acceptors (Lipinski definition) is 3. The summed E-state index contributed by atoms with van der Waals surface area (Å²) in [4.78, 5) is 27.5. The SMILES string of the molecule is COc1ccc(F)cc1C[NH+]1CCN(C(=O)CNC(=O)Cc2ccccc2)CC1. The van der Waals surface area contributed by atoms with Crippen LogP contribution in [0.5, 0.6) is 5.75 Å². The molecule has 0 unspecified atom stereocenters. The van der Waals surface area contributed by atoms with Gasteiger partial charge in [-0.05, 0) is 23.8 Å². The van der Waals surface area contributed by atoms with Crippen molar-refractivity contribution in [2.45, 2.75) is 13.0 Å². The van der Waals surface area contributed by atoms with Crippen LogP contribution in [0.25, 0.3) is 0 Å². The van der Waals surface area contributed by atoms with Crippen LogP contribution in [0.4, 0.5) is 4.39 Å². The molecule has 1 aliphatic rings. The third-order valence-corrected chi connectivity index (χ3v) is 5.15. The molecule has 0 aromatic heterocycles. The fourth-order valence-corrected chi connectivity index (χ4v) is 3.53. The number of piperazine rings is 1. The van der Waals surface area contributed by atoms with Gasteiger partial charge in [-0.1, -0.05) is 30.3 Å². The Labute approximate surface area is 170 Å². The summed E-state index contributed by atoms with van der Waals surface area (Å²) in [5.41, 5.74) is 1.75. The van der Waals surface area contributed by atoms with E-state index < -0.39 is 0 Å². The fourth-order valence-electron chi connectivity index (χ4n) is 3.53. The summed E-state index contributed by atoms with van der Waals surface area (Å²) in [6, 6.07) is 14.0. The van der Waals surface area contributed by atoms with Crippen molar-refractivity contribution < 1.29 is 23.6 Å². The predicted octanol–water partition coefficient (Wildman–Crippen LogP) is 0.420. The maximum Gasteiger partial charge on any atom is 0.242 e. The van der Waals surface area contributed by atoms with Gasteiger partial charge in [0.1, 0.15) is 18.1 Å². The standard InChI is InChI=1S/C22H26FN3O3/c1-29-20-8-7-19(23)14-18(20)16-25-9-11-26(12-10-25)22(28)15-24-21(27)13-17-5-3-2-4-6-17/h2-8,14H,9-13,15-16H2,1H3,(H,24,27)/p+1. The number of nitrogens with one attached hydrogen (secondary N) is 2. The van der Waals surface area contributed by atoms with E-state index in [0.717, 1.165) is 24.2 Å². The summed E-state index contributed by atoms with van der Waals surface area (Å²) in [6.07, 6.45) is 0.265. The van der Waals surface area contributed by atoms with E-state index in [1.54, 1.807) is 18.1 Å². The summed E-state index contributed by atoms with van der Waals surface area (Å²) in [7, 11) is 1.58. The minimum Gasteiger partial charge on any atom is -0.496 e. The van der Waals surface area contributed by atoms with Crippen LogP contribution in [-0.4, -0.2) is 56.5 Å². The van der Waals surface area contributed by atoms with Crippen LogP contribution in [0.1, 0.15) is 11.1 Å². The van der Waals surface area contributed by atoms with Crippen molar-refractivity contribution in [1.29, 1.82) is 0 Å². The van der Waals surface area contributed by atoms with Crippen molar-refractivity contribution in [3.8, 4) is 5.75 Å². The van der Waals surface area contributed by atoms with Gasteiger partial charge in [0.05, 0.1) is 51.8 Å². The maximum atomic E-state index is 13.5. The highest BCUT2D eigenvalue weighted by atomic mass is 19.1. The molecule has 1 heterocycles. The number of benzene rings is 2. The molecule has 1 saturated heterocycles. The molecule has 29 heavy (non-hydrogen) atoms. The number of methoxy groups -OCH3 is 1. The second-order valence-corrected chi connectivity index (χ2v) is 7.20. The van der Waals surface area contributed by atoms with Gasteiger partial charge in [0.15, 0.2) is 0 Å². The molecule has 2 aromatic carbocycles. The molecule has 2 N–H and O–H groups in total. The Morgan fingerprint density at radius 2 is 1.86 bits per heavy atom. The van der Waals surface area contributed by atoms with E-state index in [1.807, 2.05) is 30.3 Å². The van der Waals surface area contributed by atoms with Gasteiger partial charge >= 0.3 is 0 Å². The van der Waals surface area contributed by atoms with Crippen molar-refractivity contribution in [2.24, 2.45) is 0 Å². The number of carbonyl (C=O) groups excluding carboxylic acids is 2. The zero-order chi connectivity index (χ0) is 20.6. The highest BCUT2D eigenvalue weighted by Crippen LogP contribution is 2.18. The van der Waals surface area contributed by atoms with E-state index in [2.05, 4.69) is 5.32 Å². The fraction of sp³-hybridized carbons (Fsp3) is 0.364. The summed E-state index contributed by atoms with van der Waals surface area (Å²) in [5.74, 6) is 0.166. The Morgan fingerprint density at radius 1 is 1.14 bits per heavy atom. The number of nitrogens with zero attached hydrogens (tertiary/aromatic N) is 1. The second kappa shape index (κ2) is 10.0. The highest BCUT2D eigenvalue weighted by Gasteiger charge is 2.24. The molecular formula is C22H27FN3O3+. The monoisotopic (exact) mass is 400 g/mol. The smallest absolute Gasteiger partial charge is 0.242 e. The van der Waals surface area contributed by atoms with E-state index in [9.17, 15) is 14.0 Å². The average Bonchev–Trinajstić information content (AvgIpc) is 2.73. The zero-order valence-corrected chi connectivity index (χ0v) is 16.6. The van der Waals surface area contributed by atoms with Gasteiger partial charge in [-0.3, -0.25) is 9.59 Å². The van der Waals surface area contributed by atoms with Gasteiger partial charge in [-0.15, -0.1) is 0 Å². The number of halogens is 1. The van der Waals surface area contributed by atoms with Gasteiger partial charge < -0.3 is 19.9 Å². The third-order valence-electron chi connectivity index (χ3n) is 5.15. The molecule has 0 bridgehead atoms. The van der Waals surface area contributed by atoms with E-state index in [4.69, 9.17) is 4.74 Å². The van der Waals surface area contributed by atoms with Gasteiger partial charge in [0.25, 0.3) is 0 Å². The van der Waals surface area contributed by atoms with Gasteiger partial charge in [-0.2, -0.15) is 0 Å². The van der Waals surface area contributed by atoms with Crippen molar-refractivity contribution in [3.63, 3.8) is 0 Å². The Bertz CT molecular complexity index is 836. The number of ether oxygens (including phenoxy) is 1. The average molecular weight is 400 g/mol. The molecule has 154 valence electrons. The van der Waals surface area contributed by atoms with Crippen LogP contribution in [0.2, 0.25) is 0 Å². The minimum atomic E-state index is -0.278. The Morgan fingerprint density at radius 3 is 2.55 bits per heavy atom. The first-order valence-electron chi connectivity index (χ1n) is 9.79. The summed E-state index contributed by atoms with van der Waals surface area (Å²) in [6.45, 7) is 3.42. The molecule has 1 aliphatic heterocycles. The molecule has 2 amide bonds. The first kappa shape index (κ1) is 20.8. The van der Waals surface area contributed by atoms with E-state index in [1.165, 1.54) is 17.0 Å². The van der Waals surface area contributed by atoms with Gasteiger partial charge in [-0.25, -0.2) is 4.39 Å². The topological polar surface area (TPSA) is 63.1 Å². The quantitative estimate of drug-likeness (QED) is 0.708. The first-order chi connectivity index (χ1) is 14.0. The molecule has 2 aromatic rings. The number of carbonyl (C=O) groups is 2. The number of rotatable bonds is 7. The summed E-state index contributed by atoms with van der Waals surface area (Å²) in [5, 5.41) is 2.71. The molecule has 1 fully saturated rings. The predicted molar refractivity (Wildman–Crippen MR) is 107 cm³/mol. The molecule has 0 saturated carbocycles. The number of hydrogen-bond donors (Lipinski definition) is 2. The van der Waals surface area contributed by atoms with E-state index >= 15 is 0 Å². The Hall–Kier alpha value is -2.93. The van der Waals surface area contributed by atoms with Crippen LogP contribution in [0.3, 0.4) is 0 Å². The molecular weight excluding hydrogens is 373 g/mol. The lowest BCUT2D eigenvalue weighted by Crippen LogP contribution is -3.13. The lowest BCUT2D eigenvalue weighted by atomic mass is 10.1. The lowest BCUT2D eigenvalue weighted by Gasteiger charge is -2.32. The normalized spacial score (nSPS) is 14.5. The van der Waals surface area contributed by atoms with E-state index in [0.29, 0.717) is 25.4 Å². The van der Waals surface area contributed by atoms with Crippen LogP contribution >= 0.6 is 0 Å². The van der Waals surface area contributed by atoms with Crippen molar-refractivity contribution in [1.82, 2.24) is 10.2 Å². The van der Waals surface area contributed by atoms with Crippen molar-refractivity contribution >= 4 is 11.8 Å². The minimum absolute atomic E-state index is 0.0126. The molecule has 3 rings (SSSR count).